The number of hydrogen-bond donors (Lipinski definition) is 3. The third kappa shape index (κ3) is 7.67. The van der Waals surface area contributed by atoms with Gasteiger partial charge in [-0.3, -0.25) is 9.79 Å². The van der Waals surface area contributed by atoms with Gasteiger partial charge in [0, 0.05) is 29.3 Å². The molecule has 28 heavy (non-hydrogen) atoms. The summed E-state index contributed by atoms with van der Waals surface area (Å²) in [6.07, 6.45) is 0. The number of rotatable bonds is 7. The van der Waals surface area contributed by atoms with Crippen LogP contribution < -0.4 is 20.7 Å². The molecule has 6 nitrogen and oxygen atoms in total. The lowest BCUT2D eigenvalue weighted by Crippen LogP contribution is -2.41. The minimum Gasteiger partial charge on any atom is -0.494 e. The Morgan fingerprint density at radius 3 is 2.64 bits per heavy atom. The molecular weight excluding hydrogens is 535 g/mol. The predicted molar refractivity (Wildman–Crippen MR) is 129 cm³/mol. The van der Waals surface area contributed by atoms with Crippen LogP contribution in [0.1, 0.15) is 18.1 Å². The lowest BCUT2D eigenvalue weighted by Gasteiger charge is -2.14. The molecule has 0 bridgehead atoms. The number of anilines is 1. The fourth-order valence-electron chi connectivity index (χ4n) is 2.43. The van der Waals surface area contributed by atoms with E-state index in [2.05, 4.69) is 36.9 Å². The van der Waals surface area contributed by atoms with Gasteiger partial charge in [0.15, 0.2) is 5.96 Å². The van der Waals surface area contributed by atoms with Gasteiger partial charge in [0.2, 0.25) is 5.91 Å². The highest BCUT2D eigenvalue weighted by atomic mass is 127. The average Bonchev–Trinajstić information content (AvgIpc) is 2.66. The fraction of sp³-hybridized carbons (Fsp3) is 0.300. The number of ether oxygens (including phenoxy) is 1. The Balaban J connectivity index is 0.00000392. The molecule has 0 radical (unpaired) electrons. The summed E-state index contributed by atoms with van der Waals surface area (Å²) in [5.41, 5.74) is 2.81. The molecule has 0 unspecified atom stereocenters. The number of guanidine groups is 1. The van der Waals surface area contributed by atoms with Crippen molar-refractivity contribution < 1.29 is 9.53 Å². The van der Waals surface area contributed by atoms with Crippen molar-refractivity contribution in [1.29, 1.82) is 0 Å². The molecule has 2 aromatic carbocycles. The van der Waals surface area contributed by atoms with Gasteiger partial charge in [-0.1, -0.05) is 40.2 Å². The maximum atomic E-state index is 12.2. The Hall–Kier alpha value is -1.81. The van der Waals surface area contributed by atoms with Gasteiger partial charge >= 0.3 is 0 Å². The van der Waals surface area contributed by atoms with Gasteiger partial charge in [-0.25, -0.2) is 0 Å². The summed E-state index contributed by atoms with van der Waals surface area (Å²) in [6.45, 7) is 5.17. The van der Waals surface area contributed by atoms with E-state index >= 15 is 0 Å². The summed E-state index contributed by atoms with van der Waals surface area (Å²) in [4.78, 5) is 16.4. The number of carbonyl (C=O) groups excluding carboxylic acids is 1. The van der Waals surface area contributed by atoms with Crippen molar-refractivity contribution in [1.82, 2.24) is 10.6 Å². The summed E-state index contributed by atoms with van der Waals surface area (Å²) in [5.74, 6) is 1.24. The van der Waals surface area contributed by atoms with Crippen molar-refractivity contribution in [2.45, 2.75) is 20.4 Å². The number of hydrogen-bond acceptors (Lipinski definition) is 3. The molecule has 0 heterocycles. The summed E-state index contributed by atoms with van der Waals surface area (Å²) in [7, 11) is 1.67. The van der Waals surface area contributed by atoms with E-state index in [1.54, 1.807) is 7.05 Å². The van der Waals surface area contributed by atoms with Crippen LogP contribution in [0.4, 0.5) is 5.69 Å². The number of aliphatic imine (C=N–C) groups is 1. The van der Waals surface area contributed by atoms with Crippen LogP contribution in [-0.4, -0.2) is 32.1 Å². The monoisotopic (exact) mass is 560 g/mol. The molecule has 8 heteroatoms. The number of nitrogens with one attached hydrogen (secondary N) is 3. The summed E-state index contributed by atoms with van der Waals surface area (Å²) < 4.78 is 6.54. The zero-order valence-corrected chi connectivity index (χ0v) is 20.1. The molecule has 0 aliphatic heterocycles. The topological polar surface area (TPSA) is 74.8 Å². The first kappa shape index (κ1) is 24.2. The molecule has 0 saturated heterocycles. The number of amides is 1. The summed E-state index contributed by atoms with van der Waals surface area (Å²) in [6, 6.07) is 13.6. The van der Waals surface area contributed by atoms with Gasteiger partial charge in [-0.15, -0.1) is 24.0 Å². The second kappa shape index (κ2) is 12.6. The van der Waals surface area contributed by atoms with E-state index in [1.807, 2.05) is 56.3 Å². The van der Waals surface area contributed by atoms with Crippen molar-refractivity contribution in [3.05, 3.63) is 58.1 Å². The van der Waals surface area contributed by atoms with E-state index in [4.69, 9.17) is 4.74 Å². The SMILES string of the molecule is CCOc1ccccc1CNC(=NC)NCC(=O)Nc1cc(Br)ccc1C.I. The first-order valence-electron chi connectivity index (χ1n) is 8.74. The summed E-state index contributed by atoms with van der Waals surface area (Å²) in [5, 5.41) is 9.11. The minimum absolute atomic E-state index is 0. The maximum absolute atomic E-state index is 12.2. The first-order chi connectivity index (χ1) is 13.0. The van der Waals surface area contributed by atoms with Gasteiger partial charge < -0.3 is 20.7 Å². The lowest BCUT2D eigenvalue weighted by atomic mass is 10.2. The number of benzene rings is 2. The van der Waals surface area contributed by atoms with Gasteiger partial charge in [0.05, 0.1) is 13.2 Å². The van der Waals surface area contributed by atoms with Gasteiger partial charge in [-0.2, -0.15) is 0 Å². The van der Waals surface area contributed by atoms with Crippen molar-refractivity contribution in [3.63, 3.8) is 0 Å². The van der Waals surface area contributed by atoms with Gasteiger partial charge in [-0.05, 0) is 37.6 Å². The molecule has 0 aliphatic carbocycles. The van der Waals surface area contributed by atoms with Crippen LogP contribution in [0.15, 0.2) is 51.9 Å². The molecule has 1 amide bonds. The van der Waals surface area contributed by atoms with Crippen LogP contribution in [0.2, 0.25) is 0 Å². The molecule has 0 fully saturated rings. The molecule has 0 aliphatic rings. The molecule has 2 aromatic rings. The zero-order chi connectivity index (χ0) is 19.6. The van der Waals surface area contributed by atoms with Crippen LogP contribution in [0.3, 0.4) is 0 Å². The number of carbonyl (C=O) groups is 1. The highest BCUT2D eigenvalue weighted by Crippen LogP contribution is 2.20. The summed E-state index contributed by atoms with van der Waals surface area (Å²) >= 11 is 3.41. The number of nitrogens with zero attached hydrogens (tertiary/aromatic N) is 1. The standard InChI is InChI=1S/C20H25BrN4O2.HI/c1-4-27-18-8-6-5-7-15(18)12-23-20(22-3)24-13-19(26)25-17-11-16(21)10-9-14(17)2;/h5-11H,4,12-13H2,1-3H3,(H,25,26)(H2,22,23,24);1H. The van der Waals surface area contributed by atoms with E-state index < -0.39 is 0 Å². The van der Waals surface area contributed by atoms with Crippen LogP contribution in [0.25, 0.3) is 0 Å². The van der Waals surface area contributed by atoms with Gasteiger partial charge in [0.1, 0.15) is 5.75 Å². The van der Waals surface area contributed by atoms with E-state index in [0.717, 1.165) is 27.0 Å². The zero-order valence-electron chi connectivity index (χ0n) is 16.2. The van der Waals surface area contributed by atoms with E-state index in [-0.39, 0.29) is 36.4 Å². The predicted octanol–water partition coefficient (Wildman–Crippen LogP) is 4.08. The lowest BCUT2D eigenvalue weighted by molar-refractivity contribution is -0.115. The Bertz CT molecular complexity index is 815. The molecule has 152 valence electrons. The Morgan fingerprint density at radius 1 is 1.18 bits per heavy atom. The number of halogens is 2. The average molecular weight is 561 g/mol. The first-order valence-corrected chi connectivity index (χ1v) is 9.54. The molecule has 0 saturated carbocycles. The van der Waals surface area contributed by atoms with Crippen molar-refractivity contribution in [2.75, 3.05) is 25.5 Å². The van der Waals surface area contributed by atoms with Crippen molar-refractivity contribution in [3.8, 4) is 5.75 Å². The highest BCUT2D eigenvalue weighted by molar-refractivity contribution is 14.0. The maximum Gasteiger partial charge on any atom is 0.243 e. The second-order valence-corrected chi connectivity index (χ2v) is 6.74. The Labute approximate surface area is 191 Å². The largest absolute Gasteiger partial charge is 0.494 e. The van der Waals surface area contributed by atoms with E-state index in [9.17, 15) is 4.79 Å². The van der Waals surface area contributed by atoms with Crippen molar-refractivity contribution >= 4 is 57.5 Å². The molecule has 0 aromatic heterocycles. The fourth-order valence-corrected chi connectivity index (χ4v) is 2.79. The van der Waals surface area contributed by atoms with Crippen LogP contribution in [-0.2, 0) is 11.3 Å². The quantitative estimate of drug-likeness (QED) is 0.271. The Morgan fingerprint density at radius 2 is 1.93 bits per heavy atom. The van der Waals surface area contributed by atoms with E-state index in [0.29, 0.717) is 19.1 Å². The Kier molecular flexibility index (Phi) is 10.9. The highest BCUT2D eigenvalue weighted by Gasteiger charge is 2.08. The van der Waals surface area contributed by atoms with Crippen molar-refractivity contribution in [2.24, 2.45) is 4.99 Å². The number of para-hydroxylation sites is 1. The van der Waals surface area contributed by atoms with E-state index in [1.165, 1.54) is 0 Å². The molecule has 0 spiro atoms. The molecular formula is C20H26BrIN4O2. The van der Waals surface area contributed by atoms with Crippen LogP contribution >= 0.6 is 39.9 Å². The molecule has 2 rings (SSSR count). The van der Waals surface area contributed by atoms with Crippen LogP contribution in [0.5, 0.6) is 5.75 Å². The van der Waals surface area contributed by atoms with Gasteiger partial charge in [0.25, 0.3) is 0 Å². The second-order valence-electron chi connectivity index (χ2n) is 5.83. The van der Waals surface area contributed by atoms with Crippen LogP contribution in [0, 0.1) is 6.92 Å². The minimum atomic E-state index is -0.145. The smallest absolute Gasteiger partial charge is 0.243 e. The number of aryl methyl sites for hydroxylation is 1. The molecule has 0 atom stereocenters. The normalized spacial score (nSPS) is 10.6. The third-order valence-electron chi connectivity index (χ3n) is 3.83. The third-order valence-corrected chi connectivity index (χ3v) is 4.33. The molecule has 3 N–H and O–H groups in total.